The normalized spacial score (nSPS) is 13.1. The zero-order valence-corrected chi connectivity index (χ0v) is 17.1. The van der Waals surface area contributed by atoms with Crippen LogP contribution in [0.5, 0.6) is 0 Å². The van der Waals surface area contributed by atoms with Crippen LogP contribution in [0, 0.1) is 6.92 Å². The van der Waals surface area contributed by atoms with Crippen molar-refractivity contribution < 1.29 is 36.2 Å². The van der Waals surface area contributed by atoms with Crippen LogP contribution in [0.2, 0.25) is 0 Å². The van der Waals surface area contributed by atoms with Gasteiger partial charge >= 0.3 is 12.4 Å². The molecule has 3 aromatic rings. The van der Waals surface area contributed by atoms with Crippen LogP contribution in [0.15, 0.2) is 48.9 Å². The highest BCUT2D eigenvalue weighted by atomic mass is 19.4. The van der Waals surface area contributed by atoms with Crippen molar-refractivity contribution in [3.05, 3.63) is 77.0 Å². The smallest absolute Gasteiger partial charge is 0.379 e. The maximum Gasteiger partial charge on any atom is 0.451 e. The summed E-state index contributed by atoms with van der Waals surface area (Å²) in [7, 11) is 0. The Balaban J connectivity index is 1.87. The number of benzene rings is 1. The molecule has 1 N–H and O–H groups in total. The second-order valence-electron chi connectivity index (χ2n) is 7.34. The SMILES string of the molecule is Cc1ccc(-c2cc(C(=O)CCc3cnc(C(F)(F)F)nc3)cc(C(O)C(F)(F)F)c2)nc1. The van der Waals surface area contributed by atoms with E-state index < -0.39 is 35.6 Å². The highest BCUT2D eigenvalue weighted by molar-refractivity contribution is 5.97. The molecule has 33 heavy (non-hydrogen) atoms. The summed E-state index contributed by atoms with van der Waals surface area (Å²) >= 11 is 0. The minimum atomic E-state index is -4.95. The number of nitrogens with zero attached hydrogens (tertiary/aromatic N) is 3. The number of rotatable bonds is 6. The monoisotopic (exact) mass is 469 g/mol. The lowest BCUT2D eigenvalue weighted by Gasteiger charge is -2.17. The predicted octanol–water partition coefficient (Wildman–Crippen LogP) is 5.28. The van der Waals surface area contributed by atoms with Crippen molar-refractivity contribution >= 4 is 5.78 Å². The summed E-state index contributed by atoms with van der Waals surface area (Å²) in [6.07, 6.45) is -9.32. The molecule has 2 heterocycles. The van der Waals surface area contributed by atoms with Gasteiger partial charge in [-0.25, -0.2) is 9.97 Å². The molecule has 0 amide bonds. The number of aryl methyl sites for hydroxylation is 2. The van der Waals surface area contributed by atoms with Gasteiger partial charge in [-0.15, -0.1) is 0 Å². The summed E-state index contributed by atoms with van der Waals surface area (Å²) < 4.78 is 77.0. The highest BCUT2D eigenvalue weighted by Gasteiger charge is 2.40. The number of hydrogen-bond acceptors (Lipinski definition) is 5. The molecule has 0 saturated heterocycles. The van der Waals surface area contributed by atoms with Crippen LogP contribution in [0.3, 0.4) is 0 Å². The fourth-order valence-corrected chi connectivity index (χ4v) is 2.98. The first-order valence-electron chi connectivity index (χ1n) is 9.58. The molecule has 0 saturated carbocycles. The van der Waals surface area contributed by atoms with Crippen molar-refractivity contribution in [1.29, 1.82) is 0 Å². The molecule has 0 fully saturated rings. The molecule has 174 valence electrons. The van der Waals surface area contributed by atoms with E-state index in [1.165, 1.54) is 12.3 Å². The summed E-state index contributed by atoms with van der Waals surface area (Å²) in [6, 6.07) is 6.68. The molecule has 1 aromatic carbocycles. The first-order chi connectivity index (χ1) is 15.3. The molecule has 0 aliphatic rings. The summed E-state index contributed by atoms with van der Waals surface area (Å²) in [5.41, 5.74) is 0.965. The van der Waals surface area contributed by atoms with E-state index in [-0.39, 0.29) is 29.5 Å². The number of hydrogen-bond donors (Lipinski definition) is 1. The number of carbonyl (C=O) groups is 1. The Bertz CT molecular complexity index is 1130. The predicted molar refractivity (Wildman–Crippen MR) is 105 cm³/mol. The zero-order chi connectivity index (χ0) is 24.4. The number of Topliss-reactive ketones (excluding diaryl/α,β-unsaturated/α-hetero) is 1. The van der Waals surface area contributed by atoms with E-state index in [2.05, 4.69) is 15.0 Å². The van der Waals surface area contributed by atoms with Crippen LogP contribution >= 0.6 is 0 Å². The number of ketones is 1. The number of alkyl halides is 6. The third kappa shape index (κ3) is 6.13. The molecule has 11 heteroatoms. The fourth-order valence-electron chi connectivity index (χ4n) is 2.98. The zero-order valence-electron chi connectivity index (χ0n) is 17.1. The molecular formula is C22H17F6N3O2. The molecule has 2 aromatic heterocycles. The van der Waals surface area contributed by atoms with Crippen LogP contribution in [0.4, 0.5) is 26.3 Å². The van der Waals surface area contributed by atoms with Gasteiger partial charge in [0.05, 0.1) is 5.69 Å². The van der Waals surface area contributed by atoms with Gasteiger partial charge < -0.3 is 5.11 Å². The van der Waals surface area contributed by atoms with Crippen molar-refractivity contribution in [3.63, 3.8) is 0 Å². The van der Waals surface area contributed by atoms with Crippen molar-refractivity contribution in [3.8, 4) is 11.3 Å². The molecule has 0 bridgehead atoms. The molecule has 0 aliphatic heterocycles. The molecule has 3 rings (SSSR count). The summed E-state index contributed by atoms with van der Waals surface area (Å²) in [5.74, 6) is -1.89. The van der Waals surface area contributed by atoms with E-state index in [0.29, 0.717) is 5.69 Å². The lowest BCUT2D eigenvalue weighted by Crippen LogP contribution is -2.20. The molecule has 1 atom stereocenters. The molecular weight excluding hydrogens is 452 g/mol. The van der Waals surface area contributed by atoms with E-state index in [0.717, 1.165) is 30.1 Å². The average molecular weight is 469 g/mol. The number of aliphatic hydroxyl groups is 1. The Morgan fingerprint density at radius 2 is 1.64 bits per heavy atom. The van der Waals surface area contributed by atoms with Crippen molar-refractivity contribution in [1.82, 2.24) is 15.0 Å². The highest BCUT2D eigenvalue weighted by Crippen LogP contribution is 2.35. The number of aliphatic hydroxyl groups excluding tert-OH is 1. The van der Waals surface area contributed by atoms with E-state index in [9.17, 15) is 36.2 Å². The second-order valence-corrected chi connectivity index (χ2v) is 7.34. The largest absolute Gasteiger partial charge is 0.451 e. The Morgan fingerprint density at radius 3 is 2.18 bits per heavy atom. The Hall–Kier alpha value is -3.34. The van der Waals surface area contributed by atoms with Crippen molar-refractivity contribution in [2.24, 2.45) is 0 Å². The minimum absolute atomic E-state index is 0.0266. The van der Waals surface area contributed by atoms with Gasteiger partial charge in [0.1, 0.15) is 0 Å². The number of aromatic nitrogens is 3. The van der Waals surface area contributed by atoms with Gasteiger partial charge in [0.15, 0.2) is 11.9 Å². The first-order valence-corrected chi connectivity index (χ1v) is 9.58. The van der Waals surface area contributed by atoms with Gasteiger partial charge in [0.25, 0.3) is 0 Å². The van der Waals surface area contributed by atoms with Gasteiger partial charge in [-0.05, 0) is 54.3 Å². The lowest BCUT2D eigenvalue weighted by atomic mass is 9.95. The number of pyridine rings is 1. The van der Waals surface area contributed by atoms with Crippen molar-refractivity contribution in [2.45, 2.75) is 38.2 Å². The fraction of sp³-hybridized carbons (Fsp3) is 0.273. The van der Waals surface area contributed by atoms with E-state index in [1.807, 2.05) is 0 Å². The quantitative estimate of drug-likeness (QED) is 0.393. The molecule has 5 nitrogen and oxygen atoms in total. The Morgan fingerprint density at radius 1 is 0.970 bits per heavy atom. The third-order valence-corrected chi connectivity index (χ3v) is 4.71. The summed E-state index contributed by atoms with van der Waals surface area (Å²) in [4.78, 5) is 23.3. The van der Waals surface area contributed by atoms with Crippen molar-refractivity contribution in [2.75, 3.05) is 0 Å². The average Bonchev–Trinajstić information content (AvgIpc) is 2.76. The molecule has 1 unspecified atom stereocenters. The lowest BCUT2D eigenvalue weighted by molar-refractivity contribution is -0.206. The maximum absolute atomic E-state index is 13.1. The van der Waals surface area contributed by atoms with E-state index >= 15 is 0 Å². The first kappa shape index (κ1) is 24.3. The van der Waals surface area contributed by atoms with Gasteiger partial charge in [0.2, 0.25) is 5.82 Å². The molecule has 0 spiro atoms. The molecule has 0 aliphatic carbocycles. The van der Waals surface area contributed by atoms with Gasteiger partial charge in [-0.3, -0.25) is 9.78 Å². The second kappa shape index (κ2) is 9.26. The topological polar surface area (TPSA) is 76.0 Å². The van der Waals surface area contributed by atoms with Crippen LogP contribution in [0.25, 0.3) is 11.3 Å². The van der Waals surface area contributed by atoms with Crippen LogP contribution in [-0.2, 0) is 12.6 Å². The maximum atomic E-state index is 13.1. The Kier molecular flexibility index (Phi) is 6.82. The van der Waals surface area contributed by atoms with Crippen LogP contribution in [-0.4, -0.2) is 32.0 Å². The number of carbonyl (C=O) groups excluding carboxylic acids is 1. The van der Waals surface area contributed by atoms with Crippen LogP contribution in [0.1, 0.15) is 45.4 Å². The minimum Gasteiger partial charge on any atom is -0.379 e. The number of halogens is 6. The third-order valence-electron chi connectivity index (χ3n) is 4.71. The summed E-state index contributed by atoms with van der Waals surface area (Å²) in [6.45, 7) is 1.78. The van der Waals surface area contributed by atoms with E-state index in [4.69, 9.17) is 0 Å². The van der Waals surface area contributed by atoms with Gasteiger partial charge in [-0.1, -0.05) is 6.07 Å². The molecule has 0 radical (unpaired) electrons. The Labute approximate surface area is 184 Å². The summed E-state index contributed by atoms with van der Waals surface area (Å²) in [5, 5.41) is 9.71. The standard InChI is InChI=1S/C22H17F6N3O2/c1-12-2-4-17(29-9-12)14-6-15(8-16(7-14)19(33)21(23,24)25)18(32)5-3-13-10-30-20(31-11-13)22(26,27)28/h2,4,6-11,19,33H,3,5H2,1H3. The van der Waals surface area contributed by atoms with Gasteiger partial charge in [0, 0.05) is 36.1 Å². The van der Waals surface area contributed by atoms with Crippen LogP contribution < -0.4 is 0 Å². The van der Waals surface area contributed by atoms with Gasteiger partial charge in [-0.2, -0.15) is 26.3 Å². The van der Waals surface area contributed by atoms with E-state index in [1.54, 1.807) is 19.1 Å².